The van der Waals surface area contributed by atoms with E-state index in [0.717, 1.165) is 30.8 Å². The molecule has 0 heterocycles. The summed E-state index contributed by atoms with van der Waals surface area (Å²) in [4.78, 5) is 13.5. The van der Waals surface area contributed by atoms with Gasteiger partial charge in [0.05, 0.1) is 25.7 Å². The molecule has 0 amide bonds. The van der Waals surface area contributed by atoms with Gasteiger partial charge < -0.3 is 18.6 Å². The molecule has 0 unspecified atom stereocenters. The van der Waals surface area contributed by atoms with E-state index in [4.69, 9.17) is 18.6 Å². The Morgan fingerprint density at radius 3 is 1.95 bits per heavy atom. The molecule has 0 radical (unpaired) electrons. The Kier molecular flexibility index (Phi) is 17.4. The van der Waals surface area contributed by atoms with E-state index in [-0.39, 0.29) is 30.0 Å². The first-order chi connectivity index (χ1) is 19.2. The summed E-state index contributed by atoms with van der Waals surface area (Å²) < 4.78 is 26.8. The number of hydrogen-bond donors (Lipinski definition) is 0. The highest BCUT2D eigenvalue weighted by atomic mass is 127. The monoisotopic (exact) mass is 702 g/mol. The quantitative estimate of drug-likeness (QED) is 0.0816. The zero-order chi connectivity index (χ0) is 31.3. The predicted octanol–water partition coefficient (Wildman–Crippen LogP) is 9.98. The Labute approximate surface area is 266 Å². The third-order valence-corrected chi connectivity index (χ3v) is 15.3. The van der Waals surface area contributed by atoms with Crippen molar-refractivity contribution in [2.24, 2.45) is 23.7 Å². The number of ether oxygens (including phenoxy) is 3. The molecule has 0 aliphatic heterocycles. The number of methoxy groups -OCH3 is 1. The van der Waals surface area contributed by atoms with Gasteiger partial charge in [0.2, 0.25) is 0 Å². The number of hydrogen-bond acceptors (Lipinski definition) is 5. The number of carbonyl (C=O) groups is 1. The number of halogens is 1. The largest absolute Gasteiger partial charge is 0.497 e. The molecule has 5 nitrogen and oxygen atoms in total. The minimum Gasteiger partial charge on any atom is -0.497 e. The van der Waals surface area contributed by atoms with E-state index < -0.39 is 14.2 Å². The van der Waals surface area contributed by atoms with Gasteiger partial charge in [-0.2, -0.15) is 0 Å². The fourth-order valence-electron chi connectivity index (χ4n) is 6.53. The van der Waals surface area contributed by atoms with Crippen LogP contribution in [-0.4, -0.2) is 40.2 Å². The zero-order valence-corrected chi connectivity index (χ0v) is 31.1. The molecule has 0 fully saturated rings. The summed E-state index contributed by atoms with van der Waals surface area (Å²) in [6.07, 6.45) is 3.34. The van der Waals surface area contributed by atoms with Crippen molar-refractivity contribution < 1.29 is 23.4 Å². The fraction of sp³-hybridized carbons (Fsp3) is 0.735. The first kappa shape index (κ1) is 38.1. The Balaban J connectivity index is 3.09. The van der Waals surface area contributed by atoms with E-state index in [9.17, 15) is 4.79 Å². The minimum absolute atomic E-state index is 0.148. The summed E-state index contributed by atoms with van der Waals surface area (Å²) in [7, 11) is -0.273. The molecule has 0 saturated carbocycles. The number of carbonyl (C=O) groups excluding carboxylic acids is 1. The van der Waals surface area contributed by atoms with Crippen molar-refractivity contribution in [1.82, 2.24) is 0 Å². The summed E-state index contributed by atoms with van der Waals surface area (Å²) in [6.45, 7) is 25.7. The van der Waals surface area contributed by atoms with Crippen molar-refractivity contribution in [3.8, 4) is 5.75 Å². The van der Waals surface area contributed by atoms with Gasteiger partial charge in [0.1, 0.15) is 11.9 Å². The molecule has 0 saturated heterocycles. The van der Waals surface area contributed by atoms with Crippen LogP contribution >= 0.6 is 22.6 Å². The molecule has 0 aliphatic carbocycles. The van der Waals surface area contributed by atoms with Crippen LogP contribution in [0.2, 0.25) is 16.6 Å². The molecule has 41 heavy (non-hydrogen) atoms. The Morgan fingerprint density at radius 1 is 0.927 bits per heavy atom. The molecule has 6 atom stereocenters. The third kappa shape index (κ3) is 11.3. The van der Waals surface area contributed by atoms with Crippen molar-refractivity contribution in [2.75, 3.05) is 13.7 Å². The molecule has 7 heteroatoms. The number of rotatable bonds is 19. The van der Waals surface area contributed by atoms with Gasteiger partial charge in [0.25, 0.3) is 0 Å². The summed E-state index contributed by atoms with van der Waals surface area (Å²) in [5.74, 6) is 0.890. The van der Waals surface area contributed by atoms with Crippen LogP contribution in [0, 0.1) is 23.7 Å². The lowest BCUT2D eigenvalue weighted by Crippen LogP contribution is -2.48. The third-order valence-electron chi connectivity index (χ3n) is 8.76. The Bertz CT molecular complexity index is 879. The summed E-state index contributed by atoms with van der Waals surface area (Å²) in [5, 5.41) is 0. The van der Waals surface area contributed by atoms with Gasteiger partial charge in [-0.3, -0.25) is 4.79 Å². The maximum absolute atomic E-state index is 13.5. The molecular weight excluding hydrogens is 643 g/mol. The Morgan fingerprint density at radius 2 is 1.49 bits per heavy atom. The van der Waals surface area contributed by atoms with E-state index in [1.54, 1.807) is 7.11 Å². The van der Waals surface area contributed by atoms with Crippen molar-refractivity contribution in [1.29, 1.82) is 0 Å². The van der Waals surface area contributed by atoms with Crippen molar-refractivity contribution in [3.63, 3.8) is 0 Å². The smallest absolute Gasteiger partial charge is 0.311 e. The maximum atomic E-state index is 13.5. The second-order valence-electron chi connectivity index (χ2n) is 12.9. The van der Waals surface area contributed by atoms with Crippen LogP contribution in [0.25, 0.3) is 0 Å². The van der Waals surface area contributed by atoms with Gasteiger partial charge in [-0.05, 0) is 70.0 Å². The van der Waals surface area contributed by atoms with E-state index in [1.807, 2.05) is 35.3 Å². The summed E-state index contributed by atoms with van der Waals surface area (Å²) in [5.41, 5.74) is 2.71. The van der Waals surface area contributed by atoms with E-state index >= 15 is 0 Å². The SMILES string of the molecule is CC[C@@H](OC(=O)[C@H](C)[C@@H](OCc1ccc(OC)cc1)[C@@H](C)C[C@@H](C)CO[Si](C(C)C)(C(C)C)C(C)C)[C@H](C)/C=C/I. The lowest BCUT2D eigenvalue weighted by Gasteiger charge is -2.43. The number of benzene rings is 1. The molecule has 0 N–H and O–H groups in total. The van der Waals surface area contributed by atoms with Crippen LogP contribution in [-0.2, 0) is 25.3 Å². The average Bonchev–Trinajstić information content (AvgIpc) is 2.91. The van der Waals surface area contributed by atoms with Crippen LogP contribution in [0.1, 0.15) is 94.6 Å². The van der Waals surface area contributed by atoms with Gasteiger partial charge in [-0.15, -0.1) is 0 Å². The first-order valence-electron chi connectivity index (χ1n) is 15.6. The van der Waals surface area contributed by atoms with Gasteiger partial charge in [-0.25, -0.2) is 0 Å². The van der Waals surface area contributed by atoms with Gasteiger partial charge in [-0.1, -0.05) is 110 Å². The standard InChI is InChI=1S/C34H59IO5Si/c1-13-32(27(9)18-19-35)40-34(36)29(11)33(38-22-30-14-16-31(37-12)17-15-30)28(10)20-26(8)21-39-41(23(2)3,24(4)5)25(6)7/h14-19,23-29,32-33H,13,20-22H2,1-12H3/b19-18+/t26-,27-,28+,29-,32-,33+/m1/s1. The van der Waals surface area contributed by atoms with E-state index in [0.29, 0.717) is 29.1 Å². The van der Waals surface area contributed by atoms with Crippen LogP contribution in [0.5, 0.6) is 5.75 Å². The Hall–Kier alpha value is -0.903. The lowest BCUT2D eigenvalue weighted by atomic mass is 9.86. The van der Waals surface area contributed by atoms with Gasteiger partial charge >= 0.3 is 5.97 Å². The first-order valence-corrected chi connectivity index (χ1v) is 19.0. The molecule has 1 rings (SSSR count). The van der Waals surface area contributed by atoms with Gasteiger partial charge in [0, 0.05) is 12.5 Å². The molecule has 0 aromatic heterocycles. The number of esters is 1. The van der Waals surface area contributed by atoms with Gasteiger partial charge in [0.15, 0.2) is 8.32 Å². The van der Waals surface area contributed by atoms with Crippen molar-refractivity contribution in [2.45, 2.75) is 124 Å². The van der Waals surface area contributed by atoms with Crippen molar-refractivity contribution >= 4 is 36.9 Å². The second-order valence-corrected chi connectivity index (χ2v) is 19.1. The lowest BCUT2D eigenvalue weighted by molar-refractivity contribution is -0.163. The average molecular weight is 703 g/mol. The highest BCUT2D eigenvalue weighted by Gasteiger charge is 2.45. The molecule has 236 valence electrons. The maximum Gasteiger partial charge on any atom is 0.311 e. The second kappa shape index (κ2) is 18.7. The molecule has 1 aromatic carbocycles. The van der Waals surface area contributed by atoms with Crippen molar-refractivity contribution in [3.05, 3.63) is 40.0 Å². The highest BCUT2D eigenvalue weighted by molar-refractivity contribution is 14.1. The fourth-order valence-corrected chi connectivity index (χ4v) is 12.8. The van der Waals surface area contributed by atoms with E-state index in [2.05, 4.69) is 97.9 Å². The molecule has 0 bridgehead atoms. The van der Waals surface area contributed by atoms with Crippen LogP contribution < -0.4 is 4.74 Å². The minimum atomic E-state index is -1.94. The molecule has 0 aliphatic rings. The van der Waals surface area contributed by atoms with Crippen LogP contribution in [0.3, 0.4) is 0 Å². The van der Waals surface area contributed by atoms with E-state index in [1.165, 1.54) is 0 Å². The summed E-state index contributed by atoms with van der Waals surface area (Å²) in [6, 6.07) is 7.91. The van der Waals surface area contributed by atoms with Crippen LogP contribution in [0.4, 0.5) is 0 Å². The normalized spacial score (nSPS) is 17.1. The molecule has 0 spiro atoms. The summed E-state index contributed by atoms with van der Waals surface area (Å²) >= 11 is 2.22. The topological polar surface area (TPSA) is 54.0 Å². The zero-order valence-electron chi connectivity index (χ0n) is 27.9. The molecular formula is C34H59IO5Si. The highest BCUT2D eigenvalue weighted by Crippen LogP contribution is 2.42. The molecule has 1 aromatic rings. The predicted molar refractivity (Wildman–Crippen MR) is 183 cm³/mol. The van der Waals surface area contributed by atoms with Crippen LogP contribution in [0.15, 0.2) is 34.4 Å².